The Labute approximate surface area is 89.5 Å². The van der Waals surface area contributed by atoms with E-state index < -0.39 is 12.0 Å². The molecule has 0 fully saturated rings. The minimum Gasteiger partial charge on any atom is -0.478 e. The lowest BCUT2D eigenvalue weighted by atomic mass is 10.1. The fourth-order valence-electron chi connectivity index (χ4n) is 1.06. The van der Waals surface area contributed by atoms with E-state index in [1.807, 2.05) is 0 Å². The number of aromatic carboxylic acids is 1. The highest BCUT2D eigenvalue weighted by Crippen LogP contribution is 2.23. The van der Waals surface area contributed by atoms with Crippen LogP contribution in [0.2, 0.25) is 0 Å². The van der Waals surface area contributed by atoms with E-state index in [-0.39, 0.29) is 12.2 Å². The number of carbonyl (C=O) groups is 1. The van der Waals surface area contributed by atoms with Crippen LogP contribution < -0.4 is 5.73 Å². The molecule has 1 rings (SSSR count). The Kier molecular flexibility index (Phi) is 3.62. The van der Waals surface area contributed by atoms with Gasteiger partial charge in [-0.15, -0.1) is 0 Å². The highest BCUT2D eigenvalue weighted by atomic mass is 79.9. The maximum absolute atomic E-state index is 10.6. The van der Waals surface area contributed by atoms with E-state index in [1.54, 1.807) is 6.07 Å². The Morgan fingerprint density at radius 3 is 2.64 bits per heavy atom. The summed E-state index contributed by atoms with van der Waals surface area (Å²) in [5.41, 5.74) is 6.47. The Bertz CT molecular complexity index is 354. The molecule has 0 bridgehead atoms. The van der Waals surface area contributed by atoms with Gasteiger partial charge in [0.15, 0.2) is 0 Å². The van der Waals surface area contributed by atoms with Crippen LogP contribution in [0.4, 0.5) is 0 Å². The summed E-state index contributed by atoms with van der Waals surface area (Å²) in [5.74, 6) is -0.991. The largest absolute Gasteiger partial charge is 0.478 e. The first-order chi connectivity index (χ1) is 6.56. The third-order valence-electron chi connectivity index (χ3n) is 1.84. The number of carboxylic acid groups (broad SMARTS) is 1. The van der Waals surface area contributed by atoms with E-state index >= 15 is 0 Å². The van der Waals surface area contributed by atoms with Gasteiger partial charge in [0.1, 0.15) is 0 Å². The Hall–Kier alpha value is -0.910. The number of hydrogen-bond acceptors (Lipinski definition) is 3. The van der Waals surface area contributed by atoms with Crippen molar-refractivity contribution in [1.29, 1.82) is 0 Å². The van der Waals surface area contributed by atoms with Gasteiger partial charge in [-0.2, -0.15) is 0 Å². The second-order valence-corrected chi connectivity index (χ2v) is 3.68. The number of rotatable bonds is 3. The van der Waals surface area contributed by atoms with Gasteiger partial charge in [0, 0.05) is 4.47 Å². The lowest BCUT2D eigenvalue weighted by molar-refractivity contribution is 0.0697. The molecule has 0 aliphatic heterocycles. The molecule has 0 heterocycles. The average molecular weight is 260 g/mol. The summed E-state index contributed by atoms with van der Waals surface area (Å²) in [6.07, 6.45) is 0. The molecule has 0 unspecified atom stereocenters. The molecule has 0 radical (unpaired) electrons. The van der Waals surface area contributed by atoms with Gasteiger partial charge in [0.2, 0.25) is 0 Å². The van der Waals surface area contributed by atoms with Gasteiger partial charge >= 0.3 is 5.97 Å². The zero-order valence-corrected chi connectivity index (χ0v) is 8.86. The fraction of sp³-hybridized carbons (Fsp3) is 0.222. The van der Waals surface area contributed by atoms with Crippen LogP contribution >= 0.6 is 15.9 Å². The van der Waals surface area contributed by atoms with Crippen molar-refractivity contribution in [2.45, 2.75) is 6.04 Å². The van der Waals surface area contributed by atoms with E-state index in [1.165, 1.54) is 12.1 Å². The van der Waals surface area contributed by atoms with Gasteiger partial charge < -0.3 is 15.9 Å². The molecule has 5 heteroatoms. The Morgan fingerprint density at radius 2 is 2.21 bits per heavy atom. The van der Waals surface area contributed by atoms with Gasteiger partial charge in [0.25, 0.3) is 0 Å². The van der Waals surface area contributed by atoms with Gasteiger partial charge in [-0.25, -0.2) is 4.79 Å². The second kappa shape index (κ2) is 4.54. The smallest absolute Gasteiger partial charge is 0.335 e. The molecule has 4 N–H and O–H groups in total. The van der Waals surface area contributed by atoms with Gasteiger partial charge in [-0.3, -0.25) is 0 Å². The molecule has 0 spiro atoms. The van der Waals surface area contributed by atoms with Crippen LogP contribution in [0.3, 0.4) is 0 Å². The average Bonchev–Trinajstić information content (AvgIpc) is 2.16. The van der Waals surface area contributed by atoms with E-state index in [4.69, 9.17) is 15.9 Å². The van der Waals surface area contributed by atoms with Crippen LogP contribution in [0.1, 0.15) is 22.0 Å². The maximum Gasteiger partial charge on any atom is 0.335 e. The first-order valence-electron chi connectivity index (χ1n) is 3.95. The zero-order valence-electron chi connectivity index (χ0n) is 7.27. The molecule has 0 aliphatic carbocycles. The van der Waals surface area contributed by atoms with Crippen molar-refractivity contribution in [3.8, 4) is 0 Å². The van der Waals surface area contributed by atoms with Crippen LogP contribution in [0.25, 0.3) is 0 Å². The molecular formula is C9H10BrNO3. The molecule has 1 aromatic rings. The third kappa shape index (κ3) is 2.31. The summed E-state index contributed by atoms with van der Waals surface area (Å²) in [4.78, 5) is 10.6. The number of hydrogen-bond donors (Lipinski definition) is 3. The molecule has 1 atom stereocenters. The van der Waals surface area contributed by atoms with E-state index in [0.717, 1.165) is 0 Å². The number of aliphatic hydroxyl groups excluding tert-OH is 1. The van der Waals surface area contributed by atoms with E-state index in [9.17, 15) is 4.79 Å². The summed E-state index contributed by atoms with van der Waals surface area (Å²) in [5, 5.41) is 17.5. The van der Waals surface area contributed by atoms with Crippen molar-refractivity contribution in [1.82, 2.24) is 0 Å². The standard InChI is InChI=1S/C9H10BrNO3/c10-7-3-5(9(13)14)1-2-6(7)8(11)4-12/h1-3,8,12H,4,11H2,(H,13,14)/t8-/m1/s1. The summed E-state index contributed by atoms with van der Waals surface area (Å²) in [7, 11) is 0. The molecule has 0 saturated heterocycles. The normalized spacial score (nSPS) is 12.5. The van der Waals surface area contributed by atoms with Gasteiger partial charge in [-0.1, -0.05) is 22.0 Å². The predicted molar refractivity (Wildman–Crippen MR) is 55.1 cm³/mol. The molecule has 0 aliphatic rings. The topological polar surface area (TPSA) is 83.5 Å². The summed E-state index contributed by atoms with van der Waals surface area (Å²) in [6, 6.07) is 4.02. The van der Waals surface area contributed by atoms with Crippen molar-refractivity contribution in [2.24, 2.45) is 5.73 Å². The van der Waals surface area contributed by atoms with Crippen molar-refractivity contribution in [3.63, 3.8) is 0 Å². The quantitative estimate of drug-likeness (QED) is 0.760. The highest BCUT2D eigenvalue weighted by Gasteiger charge is 2.11. The highest BCUT2D eigenvalue weighted by molar-refractivity contribution is 9.10. The first kappa shape index (κ1) is 11.2. The molecule has 1 aromatic carbocycles. The lowest BCUT2D eigenvalue weighted by Gasteiger charge is -2.10. The SMILES string of the molecule is N[C@H](CO)c1ccc(C(=O)O)cc1Br. The molecule has 76 valence electrons. The Balaban J connectivity index is 3.07. The minimum absolute atomic E-state index is 0.176. The third-order valence-corrected chi connectivity index (χ3v) is 2.53. The zero-order chi connectivity index (χ0) is 10.7. The van der Waals surface area contributed by atoms with Crippen molar-refractivity contribution < 1.29 is 15.0 Å². The summed E-state index contributed by atoms with van der Waals surface area (Å²) >= 11 is 3.20. The van der Waals surface area contributed by atoms with Crippen LogP contribution in [0.15, 0.2) is 22.7 Å². The maximum atomic E-state index is 10.6. The van der Waals surface area contributed by atoms with Gasteiger partial charge in [0.05, 0.1) is 18.2 Å². The number of nitrogens with two attached hydrogens (primary N) is 1. The molecule has 0 aromatic heterocycles. The molecule has 4 nitrogen and oxygen atoms in total. The number of halogens is 1. The Morgan fingerprint density at radius 1 is 1.57 bits per heavy atom. The van der Waals surface area contributed by atoms with Gasteiger partial charge in [-0.05, 0) is 17.7 Å². The molecule has 0 saturated carbocycles. The molecule has 0 amide bonds. The van der Waals surface area contributed by atoms with E-state index in [0.29, 0.717) is 10.0 Å². The summed E-state index contributed by atoms with van der Waals surface area (Å²) in [6.45, 7) is -0.176. The molecule has 14 heavy (non-hydrogen) atoms. The number of carboxylic acids is 1. The number of benzene rings is 1. The van der Waals surface area contributed by atoms with Crippen LogP contribution in [0.5, 0.6) is 0 Å². The first-order valence-corrected chi connectivity index (χ1v) is 4.74. The minimum atomic E-state index is -0.991. The lowest BCUT2D eigenvalue weighted by Crippen LogP contribution is -2.15. The predicted octanol–water partition coefficient (Wildman–Crippen LogP) is 1.14. The molecular weight excluding hydrogens is 250 g/mol. The van der Waals surface area contributed by atoms with E-state index in [2.05, 4.69) is 15.9 Å². The fourth-order valence-corrected chi connectivity index (χ4v) is 1.73. The van der Waals surface area contributed by atoms with Crippen LogP contribution in [-0.4, -0.2) is 22.8 Å². The summed E-state index contributed by atoms with van der Waals surface area (Å²) < 4.78 is 0.596. The van der Waals surface area contributed by atoms with Crippen molar-refractivity contribution in [3.05, 3.63) is 33.8 Å². The van der Waals surface area contributed by atoms with Crippen molar-refractivity contribution in [2.75, 3.05) is 6.61 Å². The van der Waals surface area contributed by atoms with Crippen LogP contribution in [0, 0.1) is 0 Å². The number of aliphatic hydroxyl groups is 1. The monoisotopic (exact) mass is 259 g/mol. The van der Waals surface area contributed by atoms with Crippen LogP contribution in [-0.2, 0) is 0 Å². The second-order valence-electron chi connectivity index (χ2n) is 2.83. The van der Waals surface area contributed by atoms with Crippen molar-refractivity contribution >= 4 is 21.9 Å².